The molecule has 0 spiro atoms. The summed E-state index contributed by atoms with van der Waals surface area (Å²) in [5.74, 6) is 0.334. The van der Waals surface area contributed by atoms with Gasteiger partial charge in [0.1, 0.15) is 24.4 Å². The summed E-state index contributed by atoms with van der Waals surface area (Å²) < 4.78 is 23.8. The number of aliphatic hydroxyl groups is 4. The van der Waals surface area contributed by atoms with E-state index >= 15 is 0 Å². The Morgan fingerprint density at radius 2 is 1.38 bits per heavy atom. The van der Waals surface area contributed by atoms with E-state index in [1.165, 1.54) is 11.8 Å². The standard InChI is InChI=1S/C28H43N5O8S/c29-10-19-18(34)9-17(32)27(38-19)40-25-15(30)8-16(31)26(24(25)37)41-28-23(36)21(33)22(35)20(39-28)11-42-14-6-5-12-3-1-2-4-13(12)7-14/h1-7,15-28,34-37H,8-11,29-33H2/t15-,16+,17+,18-,19+,20+,21-,22+,23+,24-,25+,26-,27+,28+/m0/s1. The van der Waals surface area contributed by atoms with Crippen molar-refractivity contribution in [2.75, 3.05) is 12.3 Å². The zero-order valence-electron chi connectivity index (χ0n) is 23.2. The van der Waals surface area contributed by atoms with Gasteiger partial charge in [-0.05, 0) is 35.7 Å². The van der Waals surface area contributed by atoms with Crippen LogP contribution in [0.25, 0.3) is 10.8 Å². The quantitative estimate of drug-likeness (QED) is 0.142. The van der Waals surface area contributed by atoms with Gasteiger partial charge in [0.2, 0.25) is 0 Å². The fourth-order valence-corrected chi connectivity index (χ4v) is 6.86. The fourth-order valence-electron chi connectivity index (χ4n) is 5.85. The van der Waals surface area contributed by atoms with E-state index in [2.05, 4.69) is 6.07 Å². The molecule has 5 rings (SSSR count). The summed E-state index contributed by atoms with van der Waals surface area (Å²) in [5.41, 5.74) is 30.7. The number of benzene rings is 2. The Balaban J connectivity index is 1.25. The van der Waals surface area contributed by atoms with Gasteiger partial charge < -0.3 is 68.0 Å². The van der Waals surface area contributed by atoms with Crippen molar-refractivity contribution in [3.8, 4) is 0 Å². The molecule has 0 bridgehead atoms. The Morgan fingerprint density at radius 1 is 0.738 bits per heavy atom. The second-order valence-corrected chi connectivity index (χ2v) is 12.5. The molecule has 2 aliphatic heterocycles. The van der Waals surface area contributed by atoms with Gasteiger partial charge in [-0.15, -0.1) is 11.8 Å². The van der Waals surface area contributed by atoms with Crippen molar-refractivity contribution in [1.82, 2.24) is 0 Å². The van der Waals surface area contributed by atoms with Crippen LogP contribution in [-0.4, -0.2) is 118 Å². The van der Waals surface area contributed by atoms with E-state index in [0.29, 0.717) is 5.75 Å². The molecule has 0 aromatic heterocycles. The number of rotatable bonds is 8. The molecule has 2 saturated heterocycles. The van der Waals surface area contributed by atoms with Gasteiger partial charge in [0, 0.05) is 29.3 Å². The first kappa shape index (κ1) is 31.9. The van der Waals surface area contributed by atoms with Crippen LogP contribution in [0.15, 0.2) is 47.4 Å². The van der Waals surface area contributed by atoms with E-state index in [1.54, 1.807) is 0 Å². The highest BCUT2D eigenvalue weighted by molar-refractivity contribution is 7.99. The highest BCUT2D eigenvalue weighted by atomic mass is 32.2. The monoisotopic (exact) mass is 609 g/mol. The number of aliphatic hydroxyl groups excluding tert-OH is 4. The van der Waals surface area contributed by atoms with Crippen LogP contribution in [0.2, 0.25) is 0 Å². The van der Waals surface area contributed by atoms with Crippen LogP contribution >= 0.6 is 11.8 Å². The third kappa shape index (κ3) is 6.77. The zero-order valence-corrected chi connectivity index (χ0v) is 24.0. The summed E-state index contributed by atoms with van der Waals surface area (Å²) >= 11 is 1.48. The Kier molecular flexibility index (Phi) is 10.4. The molecule has 2 heterocycles. The van der Waals surface area contributed by atoms with Gasteiger partial charge in [-0.3, -0.25) is 0 Å². The minimum Gasteiger partial charge on any atom is -0.390 e. The summed E-state index contributed by atoms with van der Waals surface area (Å²) in [5, 5.41) is 45.3. The number of hydrogen-bond acceptors (Lipinski definition) is 14. The molecule has 2 aromatic rings. The molecule has 42 heavy (non-hydrogen) atoms. The van der Waals surface area contributed by atoms with E-state index < -0.39 is 85.6 Å². The molecular weight excluding hydrogens is 566 g/mol. The minimum atomic E-state index is -1.39. The summed E-state index contributed by atoms with van der Waals surface area (Å²) in [6, 6.07) is 10.9. The highest BCUT2D eigenvalue weighted by Gasteiger charge is 2.50. The summed E-state index contributed by atoms with van der Waals surface area (Å²) in [7, 11) is 0. The van der Waals surface area contributed by atoms with Crippen LogP contribution in [0.3, 0.4) is 0 Å². The molecule has 14 N–H and O–H groups in total. The van der Waals surface area contributed by atoms with Gasteiger partial charge in [-0.1, -0.05) is 30.3 Å². The minimum absolute atomic E-state index is 0.0625. The summed E-state index contributed by atoms with van der Waals surface area (Å²) in [4.78, 5) is 0.980. The second kappa shape index (κ2) is 13.7. The molecule has 14 heteroatoms. The Hall–Kier alpha value is -1.47. The Labute approximate surface area is 248 Å². The van der Waals surface area contributed by atoms with Crippen LogP contribution < -0.4 is 28.7 Å². The van der Waals surface area contributed by atoms with Gasteiger partial charge in [-0.2, -0.15) is 0 Å². The fraction of sp³-hybridized carbons (Fsp3) is 0.643. The smallest absolute Gasteiger partial charge is 0.186 e. The Morgan fingerprint density at radius 3 is 2.07 bits per heavy atom. The van der Waals surface area contributed by atoms with E-state index in [1.807, 2.05) is 36.4 Å². The molecular formula is C28H43N5O8S. The third-order valence-corrected chi connectivity index (χ3v) is 9.45. The van der Waals surface area contributed by atoms with Crippen LogP contribution in [-0.2, 0) is 18.9 Å². The van der Waals surface area contributed by atoms with E-state index in [-0.39, 0.29) is 19.4 Å². The summed E-state index contributed by atoms with van der Waals surface area (Å²) in [6.07, 6.45) is -10.1. The van der Waals surface area contributed by atoms with Crippen LogP contribution in [0.5, 0.6) is 0 Å². The maximum absolute atomic E-state index is 11.3. The molecule has 0 radical (unpaired) electrons. The predicted molar refractivity (Wildman–Crippen MR) is 156 cm³/mol. The van der Waals surface area contributed by atoms with Crippen LogP contribution in [0, 0.1) is 0 Å². The van der Waals surface area contributed by atoms with E-state index in [0.717, 1.165) is 15.7 Å². The van der Waals surface area contributed by atoms with Crippen LogP contribution in [0.4, 0.5) is 0 Å². The van der Waals surface area contributed by atoms with Gasteiger partial charge in [0.25, 0.3) is 0 Å². The largest absolute Gasteiger partial charge is 0.390 e. The maximum atomic E-state index is 11.3. The first-order valence-electron chi connectivity index (χ1n) is 14.3. The molecule has 3 fully saturated rings. The average Bonchev–Trinajstić information content (AvgIpc) is 2.97. The lowest BCUT2D eigenvalue weighted by molar-refractivity contribution is -0.309. The van der Waals surface area contributed by atoms with Crippen molar-refractivity contribution in [2.24, 2.45) is 28.7 Å². The average molecular weight is 610 g/mol. The zero-order chi connectivity index (χ0) is 30.1. The number of hydrogen-bond donors (Lipinski definition) is 9. The molecule has 1 saturated carbocycles. The topological polar surface area (TPSA) is 248 Å². The van der Waals surface area contributed by atoms with E-state index in [4.69, 9.17) is 47.6 Å². The normalized spacial score (nSPS) is 43.0. The van der Waals surface area contributed by atoms with Crippen molar-refractivity contribution in [2.45, 2.75) is 103 Å². The van der Waals surface area contributed by atoms with Gasteiger partial charge in [0.05, 0.1) is 36.5 Å². The van der Waals surface area contributed by atoms with E-state index in [9.17, 15) is 20.4 Å². The molecule has 2 aromatic carbocycles. The van der Waals surface area contributed by atoms with Gasteiger partial charge in [-0.25, -0.2) is 0 Å². The first-order valence-corrected chi connectivity index (χ1v) is 15.2. The molecule has 3 aliphatic rings. The molecule has 0 amide bonds. The molecule has 1 aliphatic carbocycles. The molecule has 234 valence electrons. The maximum Gasteiger partial charge on any atom is 0.186 e. The number of thioether (sulfide) groups is 1. The number of ether oxygens (including phenoxy) is 4. The highest BCUT2D eigenvalue weighted by Crippen LogP contribution is 2.33. The lowest BCUT2D eigenvalue weighted by atomic mass is 9.84. The Bertz CT molecular complexity index is 1190. The lowest BCUT2D eigenvalue weighted by Gasteiger charge is -2.48. The first-order chi connectivity index (χ1) is 20.1. The van der Waals surface area contributed by atoms with Crippen LogP contribution in [0.1, 0.15) is 12.8 Å². The molecule has 0 unspecified atom stereocenters. The van der Waals surface area contributed by atoms with Gasteiger partial charge >= 0.3 is 0 Å². The lowest BCUT2D eigenvalue weighted by Crippen LogP contribution is -2.68. The van der Waals surface area contributed by atoms with Gasteiger partial charge in [0.15, 0.2) is 12.6 Å². The van der Waals surface area contributed by atoms with Crippen molar-refractivity contribution in [3.63, 3.8) is 0 Å². The van der Waals surface area contributed by atoms with Crippen molar-refractivity contribution >= 4 is 22.5 Å². The SMILES string of the molecule is NC[C@H]1O[C@H](O[C@H]2[C@H](O)[C@@H](O[C@H]3O[C@H](CSc4ccc5ccccc5c4)[C@@H](O)[C@H](N)[C@H]3O)[C@H](N)C[C@@H]2N)[C@H](N)C[C@@H]1O. The second-order valence-electron chi connectivity index (χ2n) is 11.4. The molecule has 14 atom stereocenters. The van der Waals surface area contributed by atoms with Crippen molar-refractivity contribution < 1.29 is 39.4 Å². The number of fused-ring (bicyclic) bond motifs is 1. The third-order valence-electron chi connectivity index (χ3n) is 8.37. The number of nitrogens with two attached hydrogens (primary N) is 5. The van der Waals surface area contributed by atoms with Crippen molar-refractivity contribution in [3.05, 3.63) is 42.5 Å². The molecule has 13 nitrogen and oxygen atoms in total. The van der Waals surface area contributed by atoms with Crippen molar-refractivity contribution in [1.29, 1.82) is 0 Å². The predicted octanol–water partition coefficient (Wildman–Crippen LogP) is -2.34. The summed E-state index contributed by atoms with van der Waals surface area (Å²) in [6.45, 7) is 0.0625.